The Labute approximate surface area is 115 Å². The molecule has 1 unspecified atom stereocenters. The zero-order valence-corrected chi connectivity index (χ0v) is 11.7. The zero-order valence-electron chi connectivity index (χ0n) is 11.7. The third-order valence-electron chi connectivity index (χ3n) is 4.63. The van der Waals surface area contributed by atoms with E-state index < -0.39 is 0 Å². The van der Waals surface area contributed by atoms with Crippen LogP contribution in [-0.4, -0.2) is 36.5 Å². The molecule has 0 radical (unpaired) electrons. The molecule has 0 bridgehead atoms. The number of carbonyl (C=O) groups is 1. The van der Waals surface area contributed by atoms with Gasteiger partial charge in [0.1, 0.15) is 0 Å². The summed E-state index contributed by atoms with van der Waals surface area (Å²) in [6, 6.07) is 9.23. The van der Waals surface area contributed by atoms with Gasteiger partial charge in [0.05, 0.1) is 6.04 Å². The van der Waals surface area contributed by atoms with Crippen LogP contribution >= 0.6 is 0 Å². The Kier molecular flexibility index (Phi) is 3.31. The molecular weight excluding hydrogens is 236 g/mol. The topological polar surface area (TPSA) is 32.3 Å². The molecule has 1 aromatic rings. The van der Waals surface area contributed by atoms with Gasteiger partial charge in [0.2, 0.25) is 5.91 Å². The lowest BCUT2D eigenvalue weighted by Gasteiger charge is -2.38. The third-order valence-corrected chi connectivity index (χ3v) is 4.63. The summed E-state index contributed by atoms with van der Waals surface area (Å²) in [6.07, 6.45) is 3.29. The first kappa shape index (κ1) is 12.7. The van der Waals surface area contributed by atoms with Crippen molar-refractivity contribution in [2.45, 2.75) is 44.2 Å². The molecule has 1 aliphatic heterocycles. The number of likely N-dealkylation sites (tertiary alicyclic amines) is 1. The van der Waals surface area contributed by atoms with E-state index in [0.717, 1.165) is 13.0 Å². The summed E-state index contributed by atoms with van der Waals surface area (Å²) >= 11 is 0. The molecule has 1 N–H and O–H groups in total. The summed E-state index contributed by atoms with van der Waals surface area (Å²) in [4.78, 5) is 13.7. The maximum atomic E-state index is 11.8. The van der Waals surface area contributed by atoms with E-state index in [4.69, 9.17) is 0 Å². The molecule has 102 valence electrons. The predicted molar refractivity (Wildman–Crippen MR) is 76.1 cm³/mol. The standard InChI is InChI=1S/C16H22N2O/c1-11-5-3-4-6-14(11)12-9-13(10-12)17-15-7-8-18(2)16(15)19/h3-6,12-13,15,17H,7-10H2,1-2H3. The number of amides is 1. The lowest BCUT2D eigenvalue weighted by molar-refractivity contribution is -0.128. The highest BCUT2D eigenvalue weighted by Gasteiger charge is 2.36. The van der Waals surface area contributed by atoms with Crippen LogP contribution in [0.1, 0.15) is 36.3 Å². The van der Waals surface area contributed by atoms with Crippen LogP contribution in [0.2, 0.25) is 0 Å². The summed E-state index contributed by atoms with van der Waals surface area (Å²) in [5, 5.41) is 3.52. The van der Waals surface area contributed by atoms with Gasteiger partial charge in [-0.05, 0) is 43.2 Å². The molecule has 3 heteroatoms. The van der Waals surface area contributed by atoms with Crippen molar-refractivity contribution < 1.29 is 4.79 Å². The predicted octanol–water partition coefficient (Wildman–Crippen LogP) is 2.06. The largest absolute Gasteiger partial charge is 0.344 e. The third kappa shape index (κ3) is 2.39. The van der Waals surface area contributed by atoms with E-state index in [-0.39, 0.29) is 11.9 Å². The van der Waals surface area contributed by atoms with Crippen molar-refractivity contribution in [2.75, 3.05) is 13.6 Å². The molecule has 1 aromatic carbocycles. The summed E-state index contributed by atoms with van der Waals surface area (Å²) < 4.78 is 0. The fraction of sp³-hybridized carbons (Fsp3) is 0.562. The number of likely N-dealkylation sites (N-methyl/N-ethyl adjacent to an activating group) is 1. The number of hydrogen-bond acceptors (Lipinski definition) is 2. The van der Waals surface area contributed by atoms with Crippen LogP contribution in [0.25, 0.3) is 0 Å². The highest BCUT2D eigenvalue weighted by atomic mass is 16.2. The van der Waals surface area contributed by atoms with E-state index >= 15 is 0 Å². The van der Waals surface area contributed by atoms with E-state index in [9.17, 15) is 4.79 Å². The highest BCUT2D eigenvalue weighted by molar-refractivity contribution is 5.83. The molecule has 1 atom stereocenters. The number of carbonyl (C=O) groups excluding carboxylic acids is 1. The molecule has 3 nitrogen and oxygen atoms in total. The number of nitrogens with zero attached hydrogens (tertiary/aromatic N) is 1. The van der Waals surface area contributed by atoms with E-state index in [2.05, 4.69) is 36.5 Å². The first-order valence-electron chi connectivity index (χ1n) is 7.21. The number of hydrogen-bond donors (Lipinski definition) is 1. The first-order valence-corrected chi connectivity index (χ1v) is 7.21. The van der Waals surface area contributed by atoms with Crippen molar-refractivity contribution in [2.24, 2.45) is 0 Å². The number of nitrogens with one attached hydrogen (secondary N) is 1. The quantitative estimate of drug-likeness (QED) is 0.900. The summed E-state index contributed by atoms with van der Waals surface area (Å²) in [5.74, 6) is 0.937. The molecular formula is C16H22N2O. The SMILES string of the molecule is Cc1ccccc1C1CC(NC2CCN(C)C2=O)C1. The van der Waals surface area contributed by atoms with Crippen molar-refractivity contribution in [1.82, 2.24) is 10.2 Å². The maximum absolute atomic E-state index is 11.8. The molecule has 2 fully saturated rings. The molecule has 2 aliphatic rings. The van der Waals surface area contributed by atoms with Gasteiger partial charge >= 0.3 is 0 Å². The minimum atomic E-state index is 0.0628. The van der Waals surface area contributed by atoms with Crippen LogP contribution in [0.4, 0.5) is 0 Å². The van der Waals surface area contributed by atoms with Crippen LogP contribution in [0.3, 0.4) is 0 Å². The lowest BCUT2D eigenvalue weighted by atomic mass is 9.74. The maximum Gasteiger partial charge on any atom is 0.239 e. The second-order valence-electron chi connectivity index (χ2n) is 5.99. The van der Waals surface area contributed by atoms with Gasteiger partial charge < -0.3 is 10.2 Å². The minimum Gasteiger partial charge on any atom is -0.344 e. The monoisotopic (exact) mass is 258 g/mol. The molecule has 1 aliphatic carbocycles. The average molecular weight is 258 g/mol. The molecule has 3 rings (SSSR count). The van der Waals surface area contributed by atoms with Gasteiger partial charge in [-0.2, -0.15) is 0 Å². The normalized spacial score (nSPS) is 30.5. The fourth-order valence-electron chi connectivity index (χ4n) is 3.31. The van der Waals surface area contributed by atoms with Crippen LogP contribution in [0.15, 0.2) is 24.3 Å². The Bertz CT molecular complexity index is 479. The van der Waals surface area contributed by atoms with Crippen molar-refractivity contribution in [1.29, 1.82) is 0 Å². The van der Waals surface area contributed by atoms with Crippen molar-refractivity contribution in [3.8, 4) is 0 Å². The van der Waals surface area contributed by atoms with E-state index in [1.807, 2.05) is 11.9 Å². The Morgan fingerprint density at radius 2 is 2.00 bits per heavy atom. The summed E-state index contributed by atoms with van der Waals surface area (Å²) in [7, 11) is 1.89. The van der Waals surface area contributed by atoms with Crippen molar-refractivity contribution in [3.05, 3.63) is 35.4 Å². The molecule has 0 aromatic heterocycles. The van der Waals surface area contributed by atoms with E-state index in [1.54, 1.807) is 0 Å². The average Bonchev–Trinajstić information content (AvgIpc) is 2.66. The first-order chi connectivity index (χ1) is 9.15. The molecule has 1 saturated heterocycles. The Morgan fingerprint density at radius 3 is 2.63 bits per heavy atom. The van der Waals surface area contributed by atoms with Gasteiger partial charge in [-0.1, -0.05) is 24.3 Å². The second-order valence-corrected chi connectivity index (χ2v) is 5.99. The Hall–Kier alpha value is -1.35. The van der Waals surface area contributed by atoms with Gasteiger partial charge in [0.15, 0.2) is 0 Å². The fourth-order valence-corrected chi connectivity index (χ4v) is 3.31. The second kappa shape index (κ2) is 4.97. The van der Waals surface area contributed by atoms with Gasteiger partial charge in [-0.3, -0.25) is 4.79 Å². The molecule has 1 heterocycles. The minimum absolute atomic E-state index is 0.0628. The Morgan fingerprint density at radius 1 is 1.26 bits per heavy atom. The highest BCUT2D eigenvalue weighted by Crippen LogP contribution is 2.38. The van der Waals surface area contributed by atoms with Gasteiger partial charge in [0, 0.05) is 19.6 Å². The summed E-state index contributed by atoms with van der Waals surface area (Å²) in [5.41, 5.74) is 2.87. The van der Waals surface area contributed by atoms with Crippen LogP contribution < -0.4 is 5.32 Å². The van der Waals surface area contributed by atoms with Gasteiger partial charge in [-0.25, -0.2) is 0 Å². The van der Waals surface area contributed by atoms with Gasteiger partial charge in [0.25, 0.3) is 0 Å². The molecule has 1 amide bonds. The smallest absolute Gasteiger partial charge is 0.239 e. The summed E-state index contributed by atoms with van der Waals surface area (Å²) in [6.45, 7) is 3.08. The van der Waals surface area contributed by atoms with Crippen LogP contribution in [0, 0.1) is 6.92 Å². The number of benzene rings is 1. The van der Waals surface area contributed by atoms with Crippen LogP contribution in [-0.2, 0) is 4.79 Å². The number of aryl methyl sites for hydroxylation is 1. The molecule has 1 saturated carbocycles. The zero-order chi connectivity index (χ0) is 13.4. The van der Waals surface area contributed by atoms with Crippen molar-refractivity contribution in [3.63, 3.8) is 0 Å². The van der Waals surface area contributed by atoms with Crippen LogP contribution in [0.5, 0.6) is 0 Å². The van der Waals surface area contributed by atoms with E-state index in [1.165, 1.54) is 24.0 Å². The van der Waals surface area contributed by atoms with Crippen molar-refractivity contribution >= 4 is 5.91 Å². The van der Waals surface area contributed by atoms with E-state index in [0.29, 0.717) is 12.0 Å². The molecule has 0 spiro atoms. The Balaban J connectivity index is 1.54. The number of rotatable bonds is 3. The van der Waals surface area contributed by atoms with Gasteiger partial charge in [-0.15, -0.1) is 0 Å². The lowest BCUT2D eigenvalue weighted by Crippen LogP contribution is -2.48. The molecule has 19 heavy (non-hydrogen) atoms.